The van der Waals surface area contributed by atoms with Crippen molar-refractivity contribution >= 4 is 35.5 Å². The van der Waals surface area contributed by atoms with Crippen LogP contribution in [0, 0.1) is 0 Å². The van der Waals surface area contributed by atoms with E-state index in [1.165, 1.54) is 24.6 Å². The van der Waals surface area contributed by atoms with Gasteiger partial charge in [-0.1, -0.05) is 17.8 Å². The monoisotopic (exact) mass is 410 g/mol. The molecule has 2 heterocycles. The van der Waals surface area contributed by atoms with Crippen LogP contribution in [0.2, 0.25) is 0 Å². The molecule has 0 aliphatic carbocycles. The number of furan rings is 1. The third-order valence-electron chi connectivity index (χ3n) is 3.18. The number of rotatable bonds is 7. The summed E-state index contributed by atoms with van der Waals surface area (Å²) < 4.78 is 43.1. The van der Waals surface area contributed by atoms with E-state index in [2.05, 4.69) is 31.0 Å². The smallest absolute Gasteiger partial charge is 0.416 e. The van der Waals surface area contributed by atoms with E-state index in [0.717, 1.165) is 23.9 Å². The molecule has 3 rings (SSSR count). The number of nitrogens with one attached hydrogen (secondary N) is 3. The predicted octanol–water partition coefficient (Wildman–Crippen LogP) is 3.59. The first-order chi connectivity index (χ1) is 13.4. The average Bonchev–Trinajstić information content (AvgIpc) is 3.32. The van der Waals surface area contributed by atoms with Gasteiger partial charge in [-0.05, 0) is 30.3 Å². The van der Waals surface area contributed by atoms with E-state index in [1.807, 2.05) is 0 Å². The van der Waals surface area contributed by atoms with Crippen LogP contribution in [0.25, 0.3) is 0 Å². The highest BCUT2D eigenvalue weighted by Gasteiger charge is 2.30. The molecule has 1 amide bonds. The van der Waals surface area contributed by atoms with Gasteiger partial charge in [-0.2, -0.15) is 23.3 Å². The molecule has 0 fully saturated rings. The summed E-state index contributed by atoms with van der Waals surface area (Å²) in [6, 6.07) is 7.84. The Labute approximate surface area is 160 Å². The van der Waals surface area contributed by atoms with Gasteiger partial charge in [0.25, 0.3) is 0 Å². The summed E-state index contributed by atoms with van der Waals surface area (Å²) in [5.74, 6) is 0.236. The second kappa shape index (κ2) is 8.61. The standard InChI is InChI=1S/C16H13F3N6O2S/c17-16(18,19)10-3-1-4-11(7-10)21-13(26)9-28-15-22-14(24-25-15)23-20-8-12-5-2-6-27-12/h1-8H,9H2,(H,21,26)(H2,22,23,24,25)/b20-8-. The minimum Gasteiger partial charge on any atom is -0.463 e. The van der Waals surface area contributed by atoms with E-state index < -0.39 is 17.6 Å². The number of carbonyl (C=O) groups excluding carboxylic acids is 1. The number of anilines is 2. The number of hydrogen-bond donors (Lipinski definition) is 3. The quantitative estimate of drug-likeness (QED) is 0.312. The Balaban J connectivity index is 1.48. The largest absolute Gasteiger partial charge is 0.463 e. The van der Waals surface area contributed by atoms with E-state index in [9.17, 15) is 18.0 Å². The fourth-order valence-electron chi connectivity index (χ4n) is 1.98. The van der Waals surface area contributed by atoms with Crippen molar-refractivity contribution in [2.75, 3.05) is 16.5 Å². The number of carbonyl (C=O) groups is 1. The molecular formula is C16H13F3N6O2S. The Morgan fingerprint density at radius 2 is 2.18 bits per heavy atom. The van der Waals surface area contributed by atoms with Crippen molar-refractivity contribution in [3.8, 4) is 0 Å². The van der Waals surface area contributed by atoms with Gasteiger partial charge in [-0.25, -0.2) is 10.5 Å². The number of aromatic amines is 1. The molecule has 0 radical (unpaired) electrons. The summed E-state index contributed by atoms with van der Waals surface area (Å²) in [7, 11) is 0. The van der Waals surface area contributed by atoms with Crippen molar-refractivity contribution in [2.45, 2.75) is 11.3 Å². The number of aromatic nitrogens is 3. The topological polar surface area (TPSA) is 108 Å². The summed E-state index contributed by atoms with van der Waals surface area (Å²) in [5.41, 5.74) is 1.84. The van der Waals surface area contributed by atoms with Crippen molar-refractivity contribution in [3.63, 3.8) is 0 Å². The van der Waals surface area contributed by atoms with E-state index in [0.29, 0.717) is 5.76 Å². The minimum absolute atomic E-state index is 0.0602. The van der Waals surface area contributed by atoms with Crippen LogP contribution in [0.4, 0.5) is 24.8 Å². The van der Waals surface area contributed by atoms with Gasteiger partial charge in [0.2, 0.25) is 17.0 Å². The average molecular weight is 410 g/mol. The molecular weight excluding hydrogens is 397 g/mol. The first kappa shape index (κ1) is 19.5. The van der Waals surface area contributed by atoms with E-state index >= 15 is 0 Å². The number of hydrogen-bond acceptors (Lipinski definition) is 7. The number of benzene rings is 1. The molecule has 8 nitrogen and oxygen atoms in total. The highest BCUT2D eigenvalue weighted by atomic mass is 32.2. The minimum atomic E-state index is -4.47. The van der Waals surface area contributed by atoms with Gasteiger partial charge in [0, 0.05) is 5.69 Å². The molecule has 0 atom stereocenters. The predicted molar refractivity (Wildman–Crippen MR) is 97.1 cm³/mol. The molecule has 3 N–H and O–H groups in total. The Kier molecular flexibility index (Phi) is 5.99. The van der Waals surface area contributed by atoms with Gasteiger partial charge in [-0.3, -0.25) is 4.79 Å². The molecule has 0 saturated heterocycles. The van der Waals surface area contributed by atoms with Crippen molar-refractivity contribution < 1.29 is 22.4 Å². The lowest BCUT2D eigenvalue weighted by Crippen LogP contribution is -2.15. The van der Waals surface area contributed by atoms with Crippen molar-refractivity contribution in [1.82, 2.24) is 15.2 Å². The van der Waals surface area contributed by atoms with Gasteiger partial charge in [-0.15, -0.1) is 5.10 Å². The number of thioether (sulfide) groups is 1. The highest BCUT2D eigenvalue weighted by molar-refractivity contribution is 7.99. The lowest BCUT2D eigenvalue weighted by molar-refractivity contribution is -0.137. The first-order valence-corrected chi connectivity index (χ1v) is 8.73. The maximum atomic E-state index is 12.7. The lowest BCUT2D eigenvalue weighted by Gasteiger charge is -2.09. The van der Waals surface area contributed by atoms with Gasteiger partial charge in [0.15, 0.2) is 0 Å². The molecule has 2 aromatic heterocycles. The summed E-state index contributed by atoms with van der Waals surface area (Å²) in [4.78, 5) is 16.0. The van der Waals surface area contributed by atoms with Crippen LogP contribution < -0.4 is 10.7 Å². The van der Waals surface area contributed by atoms with Gasteiger partial charge in [0.1, 0.15) is 5.76 Å². The lowest BCUT2D eigenvalue weighted by atomic mass is 10.2. The van der Waals surface area contributed by atoms with E-state index in [1.54, 1.807) is 12.1 Å². The van der Waals surface area contributed by atoms with Crippen LogP contribution in [0.15, 0.2) is 57.3 Å². The Bertz CT molecular complexity index is 955. The molecule has 28 heavy (non-hydrogen) atoms. The maximum absolute atomic E-state index is 12.7. The molecule has 1 aromatic carbocycles. The van der Waals surface area contributed by atoms with Gasteiger partial charge >= 0.3 is 6.18 Å². The third-order valence-corrected chi connectivity index (χ3v) is 4.02. The van der Waals surface area contributed by atoms with Crippen molar-refractivity contribution in [3.05, 3.63) is 54.0 Å². The first-order valence-electron chi connectivity index (χ1n) is 7.75. The van der Waals surface area contributed by atoms with Crippen LogP contribution in [-0.4, -0.2) is 33.1 Å². The van der Waals surface area contributed by atoms with Gasteiger partial charge < -0.3 is 9.73 Å². The van der Waals surface area contributed by atoms with Gasteiger partial charge in [0.05, 0.1) is 23.8 Å². The molecule has 146 valence electrons. The Morgan fingerprint density at radius 1 is 1.32 bits per heavy atom. The molecule has 0 aliphatic heterocycles. The second-order valence-corrected chi connectivity index (χ2v) is 6.21. The molecule has 0 bridgehead atoms. The highest BCUT2D eigenvalue weighted by Crippen LogP contribution is 2.30. The number of halogens is 3. The van der Waals surface area contributed by atoms with Crippen molar-refractivity contribution in [2.24, 2.45) is 5.10 Å². The van der Waals surface area contributed by atoms with Crippen LogP contribution >= 0.6 is 11.8 Å². The zero-order chi connectivity index (χ0) is 20.0. The van der Waals surface area contributed by atoms with Crippen LogP contribution in [-0.2, 0) is 11.0 Å². The Morgan fingerprint density at radius 3 is 2.93 bits per heavy atom. The molecule has 0 unspecified atom stereocenters. The zero-order valence-electron chi connectivity index (χ0n) is 14.0. The number of H-pyrrole nitrogens is 1. The molecule has 0 aliphatic rings. The van der Waals surface area contributed by atoms with Crippen LogP contribution in [0.1, 0.15) is 11.3 Å². The number of nitrogens with zero attached hydrogens (tertiary/aromatic N) is 3. The third kappa shape index (κ3) is 5.61. The number of alkyl halides is 3. The molecule has 12 heteroatoms. The molecule has 3 aromatic rings. The fourth-order valence-corrected chi connectivity index (χ4v) is 2.58. The Hall–Kier alpha value is -3.28. The van der Waals surface area contributed by atoms with E-state index in [-0.39, 0.29) is 22.5 Å². The number of amides is 1. The number of hydrazone groups is 1. The normalized spacial score (nSPS) is 11.7. The summed E-state index contributed by atoms with van der Waals surface area (Å²) in [5, 5.41) is 13.1. The maximum Gasteiger partial charge on any atom is 0.416 e. The summed E-state index contributed by atoms with van der Waals surface area (Å²) in [6.45, 7) is 0. The second-order valence-electron chi connectivity index (χ2n) is 5.27. The van der Waals surface area contributed by atoms with Crippen LogP contribution in [0.3, 0.4) is 0 Å². The van der Waals surface area contributed by atoms with E-state index in [4.69, 9.17) is 4.42 Å². The summed E-state index contributed by atoms with van der Waals surface area (Å²) in [6.07, 6.45) is -1.52. The molecule has 0 saturated carbocycles. The SMILES string of the molecule is O=C(CSc1n[nH]c(N/N=C\c2ccco2)n1)Nc1cccc(C(F)(F)F)c1. The van der Waals surface area contributed by atoms with Crippen molar-refractivity contribution in [1.29, 1.82) is 0 Å². The molecule has 0 spiro atoms. The fraction of sp³-hybridized carbons (Fsp3) is 0.125. The van der Waals surface area contributed by atoms with Crippen LogP contribution in [0.5, 0.6) is 0 Å². The summed E-state index contributed by atoms with van der Waals surface area (Å²) >= 11 is 1.01. The zero-order valence-corrected chi connectivity index (χ0v) is 14.8.